The molecule has 0 saturated heterocycles. The van der Waals surface area contributed by atoms with Crippen molar-refractivity contribution in [1.82, 2.24) is 0 Å². The predicted molar refractivity (Wildman–Crippen MR) is 436 cm³/mol. The van der Waals surface area contributed by atoms with Crippen LogP contribution in [0.5, 0.6) is 0 Å². The molecule has 0 saturated carbocycles. The van der Waals surface area contributed by atoms with E-state index in [0.717, 1.165) is 154 Å². The number of hydrogen-bond acceptors (Lipinski definition) is 15. The van der Waals surface area contributed by atoms with E-state index in [1.807, 2.05) is 18.2 Å². The van der Waals surface area contributed by atoms with E-state index in [2.05, 4.69) is 204 Å². The van der Waals surface area contributed by atoms with Crippen molar-refractivity contribution in [3.8, 4) is 0 Å². The molecule has 17 nitrogen and oxygen atoms in total. The Morgan fingerprint density at radius 2 is 0.500 bits per heavy atom. The van der Waals surface area contributed by atoms with Crippen LogP contribution >= 0.6 is 15.6 Å². The van der Waals surface area contributed by atoms with Gasteiger partial charge in [0.2, 0.25) is 0 Å². The second-order valence-corrected chi connectivity index (χ2v) is 28.4. The summed E-state index contributed by atoms with van der Waals surface area (Å²) in [4.78, 5) is 73.0. The summed E-state index contributed by atoms with van der Waals surface area (Å²) in [5, 5.41) is 10.6. The molecule has 0 rings (SSSR count). The van der Waals surface area contributed by atoms with Gasteiger partial charge in [-0.15, -0.1) is 0 Å². The maximum atomic E-state index is 13.1. The number of ether oxygens (including phenoxy) is 4. The summed E-state index contributed by atoms with van der Waals surface area (Å²) in [6.45, 7) is 4.29. The number of rotatable bonds is 72. The number of aliphatic hydroxyl groups excluding tert-OH is 1. The minimum atomic E-state index is -5.02. The first kappa shape index (κ1) is 99.9. The van der Waals surface area contributed by atoms with Crippen molar-refractivity contribution in [2.45, 2.75) is 290 Å². The van der Waals surface area contributed by atoms with Crippen LogP contribution in [0.3, 0.4) is 0 Å². The highest BCUT2D eigenvalue weighted by Gasteiger charge is 2.30. The molecule has 0 aliphatic rings. The van der Waals surface area contributed by atoms with Crippen LogP contribution in [-0.4, -0.2) is 96.7 Å². The zero-order valence-corrected chi connectivity index (χ0v) is 67.1. The molecule has 0 bridgehead atoms. The predicted octanol–water partition coefficient (Wildman–Crippen LogP) is 23.3. The molecule has 3 N–H and O–H groups in total. The minimum absolute atomic E-state index is 0.0210. The van der Waals surface area contributed by atoms with Crippen molar-refractivity contribution in [1.29, 1.82) is 0 Å². The van der Waals surface area contributed by atoms with Crippen LogP contribution < -0.4 is 0 Å². The Morgan fingerprint density at radius 1 is 0.274 bits per heavy atom. The Bertz CT molecular complexity index is 2780. The normalized spacial score (nSPS) is 14.9. The molecule has 19 heteroatoms. The molecule has 0 aromatic carbocycles. The summed E-state index contributed by atoms with van der Waals surface area (Å²) in [5.41, 5.74) is 0. The molecule has 0 aliphatic heterocycles. The molecule has 0 radical (unpaired) electrons. The molecule has 0 aromatic heterocycles. The SMILES string of the molecule is CC/C=C\C/C=C\C/C=C\C/C=C\C/C=C\CCCC(=O)OCC(COP(=O)(O)OCC(O)COP(=O)(O)OCC(COC(=O)CCCCCCCC/C=C\C/C=C\C/C=C\CCCCC)OC(=O)CCCC/C=C\C/C=C\C/C=C\C/C=C\CC)OC(=O)CCCC/C=C\C/C=C\C/C=C\C/C=C\CC. The molecular formula is C87H138O17P2. The Hall–Kier alpha value is -6.10. The Kier molecular flexibility index (Phi) is 72.6. The third-order valence-corrected chi connectivity index (χ3v) is 17.4. The average Bonchev–Trinajstić information content (AvgIpc) is 0.928. The molecule has 0 heterocycles. The molecule has 0 spiro atoms. The van der Waals surface area contributed by atoms with Crippen molar-refractivity contribution in [2.75, 3.05) is 39.6 Å². The molecule has 0 aromatic rings. The lowest BCUT2D eigenvalue weighted by Crippen LogP contribution is -2.30. The number of unbranched alkanes of at least 4 members (excludes halogenated alkanes) is 14. The van der Waals surface area contributed by atoms with Gasteiger partial charge in [-0.05, 0) is 180 Å². The van der Waals surface area contributed by atoms with Crippen molar-refractivity contribution in [3.05, 3.63) is 194 Å². The van der Waals surface area contributed by atoms with Gasteiger partial charge in [0.05, 0.1) is 26.4 Å². The number of phosphoric acid groups is 2. The lowest BCUT2D eigenvalue weighted by Gasteiger charge is -2.21. The first-order valence-corrected chi connectivity index (χ1v) is 42.7. The van der Waals surface area contributed by atoms with Crippen molar-refractivity contribution in [3.63, 3.8) is 0 Å². The maximum absolute atomic E-state index is 13.1. The van der Waals surface area contributed by atoms with Crippen molar-refractivity contribution in [2.24, 2.45) is 0 Å². The summed E-state index contributed by atoms with van der Waals surface area (Å²) in [6.07, 6.45) is 94.3. The van der Waals surface area contributed by atoms with Gasteiger partial charge in [-0.3, -0.25) is 37.3 Å². The topological polar surface area (TPSA) is 237 Å². The van der Waals surface area contributed by atoms with Crippen LogP contribution in [0.2, 0.25) is 0 Å². The summed E-state index contributed by atoms with van der Waals surface area (Å²) in [7, 11) is -10.0. The largest absolute Gasteiger partial charge is 0.472 e. The van der Waals surface area contributed by atoms with Gasteiger partial charge in [-0.2, -0.15) is 0 Å². The van der Waals surface area contributed by atoms with Crippen LogP contribution in [0, 0.1) is 0 Å². The van der Waals surface area contributed by atoms with Gasteiger partial charge in [0.15, 0.2) is 12.2 Å². The van der Waals surface area contributed by atoms with E-state index in [-0.39, 0.29) is 25.7 Å². The summed E-state index contributed by atoms with van der Waals surface area (Å²) >= 11 is 0. The third kappa shape index (κ3) is 76.1. The molecule has 0 fully saturated rings. The number of phosphoric ester groups is 2. The van der Waals surface area contributed by atoms with E-state index in [1.54, 1.807) is 0 Å². The smallest absolute Gasteiger partial charge is 0.462 e. The first-order chi connectivity index (χ1) is 51.7. The molecular weight excluding hydrogens is 1380 g/mol. The van der Waals surface area contributed by atoms with E-state index in [9.17, 15) is 43.2 Å². The fourth-order valence-electron chi connectivity index (χ4n) is 9.60. The van der Waals surface area contributed by atoms with Crippen molar-refractivity contribution >= 4 is 39.5 Å². The lowest BCUT2D eigenvalue weighted by atomic mass is 10.1. The standard InChI is InChI=1S/C87H138O17P2/c1-5-9-13-17-21-25-29-33-37-39-40-42-46-48-52-56-60-64-68-72-85(90)98-78-83(104-87(92)74-70-66-62-58-54-50-44-36-32-28-24-20-16-12-8-4)80-102-106(95,96)100-76-81(88)75-99-105(93,94)101-79-82(103-86(91)73-69-65-61-57-53-49-43-35-31-27-23-19-15-11-7-3)77-97-84(89)71-67-63-59-55-51-47-45-41-38-34-30-26-22-18-14-10-6-2/h10-12,14-16,21-28,33-38,40,42-45,47,53-55,57-59,81-83,88H,5-9,13,17-20,29-32,39,41,46,48-52,56,60-80H2,1-4H3,(H,93,94)(H,95,96)/b14-10-,15-11-,16-12-,25-21-,26-22-,27-23-,28-24-,37-33-,38-34-,42-40-,43-35-,44-36-,47-45-,57-53-,58-54-,59-55-. The zero-order valence-electron chi connectivity index (χ0n) is 65.3. The van der Waals surface area contributed by atoms with Gasteiger partial charge >= 0.3 is 39.5 Å². The fraction of sp³-hybridized carbons (Fsp3) is 0.586. The molecule has 0 aliphatic carbocycles. The van der Waals surface area contributed by atoms with E-state index in [0.29, 0.717) is 44.9 Å². The van der Waals surface area contributed by atoms with Crippen LogP contribution in [0.15, 0.2) is 194 Å². The highest BCUT2D eigenvalue weighted by atomic mass is 31.2. The number of carbonyl (C=O) groups is 4. The fourth-order valence-corrected chi connectivity index (χ4v) is 11.2. The highest BCUT2D eigenvalue weighted by molar-refractivity contribution is 7.47. The number of hydrogen-bond donors (Lipinski definition) is 3. The average molecular weight is 1520 g/mol. The van der Waals surface area contributed by atoms with Gasteiger partial charge in [-0.25, -0.2) is 9.13 Å². The van der Waals surface area contributed by atoms with Gasteiger partial charge in [0.1, 0.15) is 19.3 Å². The minimum Gasteiger partial charge on any atom is -0.462 e. The number of carbonyl (C=O) groups excluding carboxylic acids is 4. The number of esters is 4. The van der Waals surface area contributed by atoms with Gasteiger partial charge < -0.3 is 33.8 Å². The Morgan fingerprint density at radius 3 is 0.811 bits per heavy atom. The quantitative estimate of drug-likeness (QED) is 0.0169. The molecule has 598 valence electrons. The molecule has 106 heavy (non-hydrogen) atoms. The Balaban J connectivity index is 5.51. The molecule has 0 amide bonds. The zero-order chi connectivity index (χ0) is 77.4. The van der Waals surface area contributed by atoms with Gasteiger partial charge in [0.25, 0.3) is 0 Å². The monoisotopic (exact) mass is 1520 g/mol. The Labute approximate surface area is 640 Å². The van der Waals surface area contributed by atoms with E-state index in [1.165, 1.54) is 19.3 Å². The first-order valence-electron chi connectivity index (χ1n) is 39.7. The third-order valence-electron chi connectivity index (χ3n) is 15.5. The number of allylic oxidation sites excluding steroid dienone is 32. The second kappa shape index (κ2) is 77.1. The molecule has 5 atom stereocenters. The van der Waals surface area contributed by atoms with Gasteiger partial charge in [-0.1, -0.05) is 261 Å². The van der Waals surface area contributed by atoms with Crippen LogP contribution in [0.4, 0.5) is 0 Å². The van der Waals surface area contributed by atoms with Crippen molar-refractivity contribution < 1.29 is 80.2 Å². The summed E-state index contributed by atoms with van der Waals surface area (Å²) < 4.78 is 68.4. The highest BCUT2D eigenvalue weighted by Crippen LogP contribution is 2.45. The van der Waals surface area contributed by atoms with Gasteiger partial charge in [0, 0.05) is 25.7 Å². The van der Waals surface area contributed by atoms with E-state index >= 15 is 0 Å². The maximum Gasteiger partial charge on any atom is 0.472 e. The summed E-state index contributed by atoms with van der Waals surface area (Å²) in [6, 6.07) is 0. The molecule has 5 unspecified atom stereocenters. The van der Waals surface area contributed by atoms with Crippen LogP contribution in [0.25, 0.3) is 0 Å². The lowest BCUT2D eigenvalue weighted by molar-refractivity contribution is -0.161. The second-order valence-electron chi connectivity index (χ2n) is 25.5. The number of aliphatic hydroxyl groups is 1. The van der Waals surface area contributed by atoms with Crippen LogP contribution in [-0.2, 0) is 65.4 Å². The van der Waals surface area contributed by atoms with Crippen LogP contribution in [0.1, 0.15) is 272 Å². The summed E-state index contributed by atoms with van der Waals surface area (Å²) in [5.74, 6) is -2.38. The van der Waals surface area contributed by atoms with E-state index in [4.69, 9.17) is 37.0 Å². The van der Waals surface area contributed by atoms with E-state index < -0.39 is 97.5 Å².